The second kappa shape index (κ2) is 15.0. The van der Waals surface area contributed by atoms with E-state index in [1.807, 2.05) is 22.7 Å². The summed E-state index contributed by atoms with van der Waals surface area (Å²) in [6, 6.07) is 85.6. The summed E-state index contributed by atoms with van der Waals surface area (Å²) < 4.78 is 5.25. The van der Waals surface area contributed by atoms with Gasteiger partial charge in [-0.15, -0.1) is 22.7 Å². The monoisotopic (exact) mass is 846 g/mol. The van der Waals surface area contributed by atoms with Crippen LogP contribution in [0.15, 0.2) is 231 Å². The van der Waals surface area contributed by atoms with E-state index in [1.165, 1.54) is 129 Å². The Kier molecular flexibility index (Phi) is 8.69. The molecule has 0 aliphatic carbocycles. The Morgan fingerprint density at radius 1 is 0.172 bits per heavy atom. The topological polar surface area (TPSA) is 0 Å². The van der Waals surface area contributed by atoms with E-state index in [1.54, 1.807) is 0 Å². The van der Waals surface area contributed by atoms with Crippen molar-refractivity contribution < 1.29 is 0 Å². The summed E-state index contributed by atoms with van der Waals surface area (Å²) in [6.07, 6.45) is 0. The lowest BCUT2D eigenvalue weighted by atomic mass is 9.84. The summed E-state index contributed by atoms with van der Waals surface area (Å²) in [6.45, 7) is 0. The smallest absolute Gasteiger partial charge is 0.0355 e. The summed E-state index contributed by atoms with van der Waals surface area (Å²) in [5.74, 6) is 0. The molecule has 0 N–H and O–H groups in total. The summed E-state index contributed by atoms with van der Waals surface area (Å²) in [7, 11) is 0. The van der Waals surface area contributed by atoms with Gasteiger partial charge < -0.3 is 0 Å². The first-order chi connectivity index (χ1) is 31.7. The van der Waals surface area contributed by atoms with Crippen molar-refractivity contribution in [2.24, 2.45) is 0 Å². The molecule has 0 unspecified atom stereocenters. The van der Waals surface area contributed by atoms with Crippen LogP contribution >= 0.6 is 22.7 Å². The molecule has 0 bridgehead atoms. The fraction of sp³-hybridized carbons (Fsp3) is 0. The van der Waals surface area contributed by atoms with Gasteiger partial charge in [0.1, 0.15) is 0 Å². The summed E-state index contributed by atoms with van der Waals surface area (Å²) in [5.41, 5.74) is 14.8. The highest BCUT2D eigenvalue weighted by molar-refractivity contribution is 7.26. The normalized spacial score (nSPS) is 11.8. The minimum atomic E-state index is 1.21. The van der Waals surface area contributed by atoms with Crippen LogP contribution in [0.2, 0.25) is 0 Å². The third-order valence-electron chi connectivity index (χ3n) is 13.1. The van der Waals surface area contributed by atoms with Crippen LogP contribution in [-0.4, -0.2) is 0 Å². The third-order valence-corrected chi connectivity index (χ3v) is 15.4. The van der Waals surface area contributed by atoms with E-state index in [9.17, 15) is 0 Å². The second-order valence-electron chi connectivity index (χ2n) is 16.8. The van der Waals surface area contributed by atoms with Crippen molar-refractivity contribution in [2.75, 3.05) is 0 Å². The molecule has 0 aliphatic heterocycles. The highest BCUT2D eigenvalue weighted by atomic mass is 32.1. The molecule has 13 rings (SSSR count). The Morgan fingerprint density at radius 3 is 0.750 bits per heavy atom. The Balaban J connectivity index is 1.03. The third kappa shape index (κ3) is 6.18. The molecule has 2 heterocycles. The number of benzene rings is 11. The fourth-order valence-corrected chi connectivity index (χ4v) is 12.1. The lowest BCUT2D eigenvalue weighted by molar-refractivity contribution is 1.63. The maximum absolute atomic E-state index is 2.45. The molecule has 0 radical (unpaired) electrons. The minimum absolute atomic E-state index is 1.21. The van der Waals surface area contributed by atoms with Gasteiger partial charge in [0.05, 0.1) is 0 Å². The van der Waals surface area contributed by atoms with Gasteiger partial charge in [-0.05, 0) is 149 Å². The first kappa shape index (κ1) is 37.0. The van der Waals surface area contributed by atoms with Gasteiger partial charge in [-0.2, -0.15) is 0 Å². The Morgan fingerprint density at radius 2 is 0.422 bits per heavy atom. The van der Waals surface area contributed by atoms with E-state index in [2.05, 4.69) is 231 Å². The van der Waals surface area contributed by atoms with Crippen molar-refractivity contribution in [3.8, 4) is 66.8 Å². The average molecular weight is 847 g/mol. The second-order valence-corrected chi connectivity index (χ2v) is 19.0. The highest BCUT2D eigenvalue weighted by Crippen LogP contribution is 2.47. The van der Waals surface area contributed by atoms with Crippen molar-refractivity contribution >= 4 is 84.6 Å². The predicted molar refractivity (Wildman–Crippen MR) is 280 cm³/mol. The molecule has 0 amide bonds. The van der Waals surface area contributed by atoms with Gasteiger partial charge >= 0.3 is 0 Å². The molecular formula is C62H38S2. The average Bonchev–Trinajstić information content (AvgIpc) is 3.93. The van der Waals surface area contributed by atoms with Gasteiger partial charge in [-0.1, -0.05) is 170 Å². The summed E-state index contributed by atoms with van der Waals surface area (Å²) in [4.78, 5) is 0. The number of thiophene rings is 2. The van der Waals surface area contributed by atoms with Crippen LogP contribution in [0.4, 0.5) is 0 Å². The van der Waals surface area contributed by atoms with Crippen LogP contribution in [0.1, 0.15) is 0 Å². The zero-order valence-corrected chi connectivity index (χ0v) is 36.4. The molecule has 13 aromatic rings. The van der Waals surface area contributed by atoms with Crippen LogP contribution in [0.5, 0.6) is 0 Å². The highest BCUT2D eigenvalue weighted by Gasteiger charge is 2.20. The zero-order chi connectivity index (χ0) is 42.1. The molecular weight excluding hydrogens is 809 g/mol. The Hall–Kier alpha value is -7.62. The van der Waals surface area contributed by atoms with Gasteiger partial charge in [-0.25, -0.2) is 0 Å². The first-order valence-corrected chi connectivity index (χ1v) is 23.5. The van der Waals surface area contributed by atoms with Crippen molar-refractivity contribution in [3.05, 3.63) is 231 Å². The number of fused-ring (bicyclic) bond motifs is 8. The van der Waals surface area contributed by atoms with E-state index < -0.39 is 0 Å². The number of rotatable bonds is 6. The quantitative estimate of drug-likeness (QED) is 0.146. The molecule has 0 fully saturated rings. The molecule has 2 aromatic heterocycles. The van der Waals surface area contributed by atoms with Crippen LogP contribution in [-0.2, 0) is 0 Å². The van der Waals surface area contributed by atoms with Crippen molar-refractivity contribution in [1.29, 1.82) is 0 Å². The van der Waals surface area contributed by atoms with Gasteiger partial charge in [0.2, 0.25) is 0 Å². The lowest BCUT2D eigenvalue weighted by Crippen LogP contribution is -1.92. The molecule has 0 nitrogen and oxygen atoms in total. The van der Waals surface area contributed by atoms with E-state index >= 15 is 0 Å². The molecule has 2 heteroatoms. The maximum atomic E-state index is 2.45. The SMILES string of the molecule is c1ccc(-c2ccc3sc4ccc(-c5ccc6c(-c7ccccc7)c7ccc(-c8ccc9sc%10ccc(-c%11ccccc%11)cc%10c9c8)cc7c(-c7ccccc7)c6c5)cc4c3c2)cc1. The van der Waals surface area contributed by atoms with Gasteiger partial charge in [-0.3, -0.25) is 0 Å². The molecule has 0 aliphatic rings. The van der Waals surface area contributed by atoms with E-state index in [-0.39, 0.29) is 0 Å². The van der Waals surface area contributed by atoms with Crippen LogP contribution in [0.25, 0.3) is 129 Å². The van der Waals surface area contributed by atoms with E-state index in [0.29, 0.717) is 0 Å². The summed E-state index contributed by atoms with van der Waals surface area (Å²) in [5, 5.41) is 10.2. The largest absolute Gasteiger partial charge is 0.135 e. The van der Waals surface area contributed by atoms with Crippen molar-refractivity contribution in [2.45, 2.75) is 0 Å². The fourth-order valence-electron chi connectivity index (χ4n) is 9.95. The van der Waals surface area contributed by atoms with Crippen LogP contribution in [0, 0.1) is 0 Å². The molecule has 64 heavy (non-hydrogen) atoms. The number of hydrogen-bond acceptors (Lipinski definition) is 2. The molecule has 0 spiro atoms. The van der Waals surface area contributed by atoms with Crippen LogP contribution < -0.4 is 0 Å². The summed E-state index contributed by atoms with van der Waals surface area (Å²) >= 11 is 3.75. The Labute approximate surface area is 379 Å². The molecule has 0 atom stereocenters. The standard InChI is InChI=1S/C62H38S2/c1-5-13-39(14-6-1)43-23-29-57-51(33-43)53-35-47(25-31-59(53)63-57)45-21-27-49-55(37-45)62(42-19-11-4-12-20-42)56-38-46(22-28-50(56)61(49)41-17-9-3-10-18-41)48-26-32-60-54(36-48)52-34-44(24-30-58(52)64-60)40-15-7-2-8-16-40/h1-38H. The number of hydrogen-bond donors (Lipinski definition) is 0. The van der Waals surface area contributed by atoms with Gasteiger partial charge in [0.15, 0.2) is 0 Å². The molecule has 0 saturated heterocycles. The van der Waals surface area contributed by atoms with Gasteiger partial charge in [0, 0.05) is 40.3 Å². The molecule has 298 valence electrons. The minimum Gasteiger partial charge on any atom is -0.135 e. The lowest BCUT2D eigenvalue weighted by Gasteiger charge is -2.19. The van der Waals surface area contributed by atoms with Crippen LogP contribution in [0.3, 0.4) is 0 Å². The van der Waals surface area contributed by atoms with Crippen molar-refractivity contribution in [3.63, 3.8) is 0 Å². The first-order valence-electron chi connectivity index (χ1n) is 21.9. The zero-order valence-electron chi connectivity index (χ0n) is 34.8. The van der Waals surface area contributed by atoms with Gasteiger partial charge in [0.25, 0.3) is 0 Å². The molecule has 0 saturated carbocycles. The van der Waals surface area contributed by atoms with E-state index in [0.717, 1.165) is 0 Å². The van der Waals surface area contributed by atoms with Crippen molar-refractivity contribution in [1.82, 2.24) is 0 Å². The molecule has 11 aromatic carbocycles. The Bertz CT molecular complexity index is 3700. The maximum Gasteiger partial charge on any atom is 0.0355 e. The van der Waals surface area contributed by atoms with E-state index in [4.69, 9.17) is 0 Å². The predicted octanol–water partition coefficient (Wildman–Crippen LogP) is 18.7.